The first-order valence-electron chi connectivity index (χ1n) is 9.55. The molecule has 150 valence electrons. The second kappa shape index (κ2) is 8.21. The Bertz CT molecular complexity index is 1130. The number of ether oxygens (including phenoxy) is 2. The lowest BCUT2D eigenvalue weighted by molar-refractivity contribution is -0.118. The van der Waals surface area contributed by atoms with Crippen molar-refractivity contribution >= 4 is 23.2 Å². The lowest BCUT2D eigenvalue weighted by Crippen LogP contribution is -2.23. The molecule has 0 unspecified atom stereocenters. The van der Waals surface area contributed by atoms with E-state index in [1.165, 1.54) is 6.07 Å². The fourth-order valence-corrected chi connectivity index (χ4v) is 3.32. The largest absolute Gasteiger partial charge is 0.494 e. The number of anilines is 1. The van der Waals surface area contributed by atoms with Crippen molar-refractivity contribution in [1.82, 2.24) is 0 Å². The molecule has 1 aliphatic carbocycles. The first-order valence-corrected chi connectivity index (χ1v) is 9.55. The molecule has 0 spiro atoms. The molecule has 1 N–H and O–H groups in total. The maximum absolute atomic E-state index is 12.8. The van der Waals surface area contributed by atoms with Gasteiger partial charge >= 0.3 is 0 Å². The molecule has 0 radical (unpaired) electrons. The van der Waals surface area contributed by atoms with Crippen molar-refractivity contribution in [2.75, 3.05) is 18.5 Å². The summed E-state index contributed by atoms with van der Waals surface area (Å²) in [6, 6.07) is 18.4. The van der Waals surface area contributed by atoms with Crippen LogP contribution in [-0.4, -0.2) is 30.7 Å². The van der Waals surface area contributed by atoms with Gasteiger partial charge in [-0.25, -0.2) is 0 Å². The second-order valence-corrected chi connectivity index (χ2v) is 6.71. The van der Waals surface area contributed by atoms with Crippen LogP contribution in [-0.2, 0) is 4.79 Å². The van der Waals surface area contributed by atoms with Crippen LogP contribution < -0.4 is 14.8 Å². The van der Waals surface area contributed by atoms with Gasteiger partial charge in [-0.15, -0.1) is 0 Å². The SMILES string of the molecule is CCOc1ccc(OCC(=O)Nc2ccc3c(c2)C(=O)c2ccccc2C3=O)cc1. The van der Waals surface area contributed by atoms with E-state index in [1.54, 1.807) is 60.7 Å². The second-order valence-electron chi connectivity index (χ2n) is 6.71. The van der Waals surface area contributed by atoms with Crippen molar-refractivity contribution in [3.05, 3.63) is 89.0 Å². The smallest absolute Gasteiger partial charge is 0.262 e. The van der Waals surface area contributed by atoms with E-state index < -0.39 is 0 Å². The van der Waals surface area contributed by atoms with E-state index in [-0.39, 0.29) is 29.6 Å². The molecule has 6 heteroatoms. The Labute approximate surface area is 173 Å². The van der Waals surface area contributed by atoms with Crippen LogP contribution in [0.1, 0.15) is 38.8 Å². The highest BCUT2D eigenvalue weighted by molar-refractivity contribution is 6.28. The molecule has 0 aliphatic heterocycles. The van der Waals surface area contributed by atoms with Crippen molar-refractivity contribution in [3.63, 3.8) is 0 Å². The Morgan fingerprint density at radius 3 is 1.97 bits per heavy atom. The zero-order chi connectivity index (χ0) is 21.1. The van der Waals surface area contributed by atoms with Crippen LogP contribution in [0.2, 0.25) is 0 Å². The number of fused-ring (bicyclic) bond motifs is 2. The molecule has 0 saturated carbocycles. The number of rotatable bonds is 6. The fraction of sp³-hybridized carbons (Fsp3) is 0.125. The van der Waals surface area contributed by atoms with Gasteiger partial charge in [-0.2, -0.15) is 0 Å². The Hall–Kier alpha value is -3.93. The molecular weight excluding hydrogens is 382 g/mol. The third-order valence-corrected chi connectivity index (χ3v) is 4.71. The van der Waals surface area contributed by atoms with Gasteiger partial charge in [0.25, 0.3) is 5.91 Å². The van der Waals surface area contributed by atoms with E-state index in [0.29, 0.717) is 34.7 Å². The Morgan fingerprint density at radius 2 is 1.33 bits per heavy atom. The topological polar surface area (TPSA) is 81.7 Å². The molecule has 3 aromatic rings. The maximum Gasteiger partial charge on any atom is 0.262 e. The summed E-state index contributed by atoms with van der Waals surface area (Å²) >= 11 is 0. The van der Waals surface area contributed by atoms with Gasteiger partial charge in [0, 0.05) is 27.9 Å². The molecule has 0 saturated heterocycles. The van der Waals surface area contributed by atoms with Crippen LogP contribution in [0.5, 0.6) is 11.5 Å². The predicted molar refractivity (Wildman–Crippen MR) is 111 cm³/mol. The summed E-state index contributed by atoms with van der Waals surface area (Å²) in [6.07, 6.45) is 0. The Kier molecular flexibility index (Phi) is 5.30. The average molecular weight is 401 g/mol. The van der Waals surface area contributed by atoms with Gasteiger partial charge in [-0.3, -0.25) is 14.4 Å². The highest BCUT2D eigenvalue weighted by Crippen LogP contribution is 2.29. The first-order chi connectivity index (χ1) is 14.6. The number of carbonyl (C=O) groups excluding carboxylic acids is 3. The third-order valence-electron chi connectivity index (χ3n) is 4.71. The number of benzene rings is 3. The van der Waals surface area contributed by atoms with Crippen LogP contribution in [0.25, 0.3) is 0 Å². The Balaban J connectivity index is 1.44. The summed E-state index contributed by atoms with van der Waals surface area (Å²) in [5, 5.41) is 2.70. The van der Waals surface area contributed by atoms with Crippen LogP contribution >= 0.6 is 0 Å². The van der Waals surface area contributed by atoms with Crippen LogP contribution in [0.15, 0.2) is 66.7 Å². The van der Waals surface area contributed by atoms with Crippen molar-refractivity contribution in [1.29, 1.82) is 0 Å². The standard InChI is InChI=1S/C24H19NO5/c1-2-29-16-8-10-17(11-9-16)30-14-22(26)25-15-7-12-20-21(13-15)24(28)19-6-4-3-5-18(19)23(20)27/h3-13H,2,14H2,1H3,(H,25,26). The molecule has 0 fully saturated rings. The molecule has 1 amide bonds. The summed E-state index contributed by atoms with van der Waals surface area (Å²) in [5.41, 5.74) is 1.81. The zero-order valence-electron chi connectivity index (χ0n) is 16.3. The number of nitrogens with one attached hydrogen (secondary N) is 1. The van der Waals surface area contributed by atoms with Gasteiger partial charge in [-0.05, 0) is 49.4 Å². The van der Waals surface area contributed by atoms with Gasteiger partial charge in [0.2, 0.25) is 0 Å². The van der Waals surface area contributed by atoms with Crippen molar-refractivity contribution in [3.8, 4) is 11.5 Å². The monoisotopic (exact) mass is 401 g/mol. The lowest BCUT2D eigenvalue weighted by Gasteiger charge is -2.18. The van der Waals surface area contributed by atoms with Crippen LogP contribution in [0.3, 0.4) is 0 Å². The van der Waals surface area contributed by atoms with Gasteiger partial charge < -0.3 is 14.8 Å². The molecule has 0 aromatic heterocycles. The van der Waals surface area contributed by atoms with Gasteiger partial charge in [-0.1, -0.05) is 24.3 Å². The van der Waals surface area contributed by atoms with Crippen LogP contribution in [0.4, 0.5) is 5.69 Å². The highest BCUT2D eigenvalue weighted by Gasteiger charge is 2.29. The van der Waals surface area contributed by atoms with E-state index in [4.69, 9.17) is 9.47 Å². The zero-order valence-corrected chi connectivity index (χ0v) is 16.3. The summed E-state index contributed by atoms with van der Waals surface area (Å²) in [7, 11) is 0. The molecular formula is C24H19NO5. The molecule has 0 atom stereocenters. The molecule has 0 bridgehead atoms. The third kappa shape index (κ3) is 3.80. The van der Waals surface area contributed by atoms with Gasteiger partial charge in [0.1, 0.15) is 11.5 Å². The van der Waals surface area contributed by atoms with Crippen LogP contribution in [0, 0.1) is 0 Å². The molecule has 4 rings (SSSR count). The van der Waals surface area contributed by atoms with E-state index >= 15 is 0 Å². The van der Waals surface area contributed by atoms with Crippen molar-refractivity contribution in [2.45, 2.75) is 6.92 Å². The number of ketones is 2. The average Bonchev–Trinajstić information content (AvgIpc) is 2.77. The maximum atomic E-state index is 12.8. The molecule has 30 heavy (non-hydrogen) atoms. The fourth-order valence-electron chi connectivity index (χ4n) is 3.32. The number of hydrogen-bond acceptors (Lipinski definition) is 5. The highest BCUT2D eigenvalue weighted by atomic mass is 16.5. The predicted octanol–water partition coefficient (Wildman–Crippen LogP) is 3.88. The van der Waals surface area contributed by atoms with E-state index in [9.17, 15) is 14.4 Å². The molecule has 1 aliphatic rings. The van der Waals surface area contributed by atoms with Crippen molar-refractivity contribution in [2.24, 2.45) is 0 Å². The summed E-state index contributed by atoms with van der Waals surface area (Å²) in [5.74, 6) is 0.457. The van der Waals surface area contributed by atoms with E-state index in [0.717, 1.165) is 5.75 Å². The molecule has 6 nitrogen and oxygen atoms in total. The number of carbonyl (C=O) groups is 3. The lowest BCUT2D eigenvalue weighted by atomic mass is 9.84. The summed E-state index contributed by atoms with van der Waals surface area (Å²) in [6.45, 7) is 2.28. The van der Waals surface area contributed by atoms with E-state index in [1.807, 2.05) is 6.92 Å². The first kappa shape index (κ1) is 19.4. The Morgan fingerprint density at radius 1 is 0.767 bits per heavy atom. The van der Waals surface area contributed by atoms with Gasteiger partial charge in [0.05, 0.1) is 6.61 Å². The van der Waals surface area contributed by atoms with Gasteiger partial charge in [0.15, 0.2) is 18.2 Å². The minimum absolute atomic E-state index is 0.194. The minimum Gasteiger partial charge on any atom is -0.494 e. The summed E-state index contributed by atoms with van der Waals surface area (Å²) in [4.78, 5) is 37.7. The normalized spacial score (nSPS) is 12.0. The summed E-state index contributed by atoms with van der Waals surface area (Å²) < 4.78 is 10.8. The molecule has 3 aromatic carbocycles. The van der Waals surface area contributed by atoms with Crippen molar-refractivity contribution < 1.29 is 23.9 Å². The minimum atomic E-state index is -0.376. The van der Waals surface area contributed by atoms with E-state index in [2.05, 4.69) is 5.32 Å². The number of amides is 1. The quantitative estimate of drug-likeness (QED) is 0.530. The number of hydrogen-bond donors (Lipinski definition) is 1. The molecule has 0 heterocycles.